The number of amides is 5. The molecule has 9 heteroatoms. The molecule has 1 aliphatic carbocycles. The van der Waals surface area contributed by atoms with Crippen LogP contribution in [0.4, 0.5) is 16.2 Å². The highest BCUT2D eigenvalue weighted by Gasteiger charge is 2.53. The molecule has 1 atom stereocenters. The van der Waals surface area contributed by atoms with Gasteiger partial charge in [0.05, 0.1) is 17.6 Å². The second-order valence-corrected chi connectivity index (χ2v) is 6.93. The molecule has 0 aromatic carbocycles. The predicted octanol–water partition coefficient (Wildman–Crippen LogP) is 0.620. The minimum atomic E-state index is -0.857. The zero-order valence-electron chi connectivity index (χ0n) is 14.3. The molecule has 1 aromatic rings. The SMILES string of the molecule is CC1C(=O)Nc2cnccc2N1C(=O)CN1C(=O)NC2(CCCC2)C1=O. The van der Waals surface area contributed by atoms with Gasteiger partial charge in [0.15, 0.2) is 0 Å². The van der Waals surface area contributed by atoms with E-state index in [9.17, 15) is 19.2 Å². The maximum atomic E-state index is 12.9. The van der Waals surface area contributed by atoms with E-state index in [4.69, 9.17) is 0 Å². The van der Waals surface area contributed by atoms with E-state index in [2.05, 4.69) is 15.6 Å². The van der Waals surface area contributed by atoms with Crippen molar-refractivity contribution in [2.75, 3.05) is 16.8 Å². The van der Waals surface area contributed by atoms with Crippen LogP contribution in [-0.2, 0) is 14.4 Å². The summed E-state index contributed by atoms with van der Waals surface area (Å²) in [5.41, 5.74) is 0.0671. The monoisotopic (exact) mass is 357 g/mol. The molecular weight excluding hydrogens is 338 g/mol. The number of hydrogen-bond donors (Lipinski definition) is 2. The second-order valence-electron chi connectivity index (χ2n) is 6.93. The molecule has 5 amide bonds. The number of fused-ring (bicyclic) bond motifs is 1. The number of rotatable bonds is 2. The molecule has 1 unspecified atom stereocenters. The number of urea groups is 1. The minimum Gasteiger partial charge on any atom is -0.323 e. The Labute approximate surface area is 149 Å². The lowest BCUT2D eigenvalue weighted by Crippen LogP contribution is -2.53. The summed E-state index contributed by atoms with van der Waals surface area (Å²) in [7, 11) is 0. The van der Waals surface area contributed by atoms with Crippen molar-refractivity contribution >= 4 is 35.1 Å². The average Bonchev–Trinajstić information content (AvgIpc) is 3.17. The molecule has 2 aliphatic heterocycles. The number of nitrogens with one attached hydrogen (secondary N) is 2. The number of aromatic nitrogens is 1. The number of anilines is 2. The van der Waals surface area contributed by atoms with Crippen LogP contribution in [0.5, 0.6) is 0 Å². The molecule has 1 spiro atoms. The normalized spacial score (nSPS) is 23.9. The first-order valence-corrected chi connectivity index (χ1v) is 8.64. The van der Waals surface area contributed by atoms with E-state index in [-0.39, 0.29) is 11.8 Å². The number of pyridine rings is 1. The fourth-order valence-corrected chi connectivity index (χ4v) is 3.96. The van der Waals surface area contributed by atoms with Crippen LogP contribution < -0.4 is 15.5 Å². The first-order chi connectivity index (χ1) is 12.4. The standard InChI is InChI=1S/C17H19N5O4/c1-10-14(24)19-11-8-18-7-4-12(11)22(10)13(23)9-21-15(25)17(20-16(21)26)5-2-3-6-17/h4,7-8,10H,2-3,5-6,9H2,1H3,(H,19,24)(H,20,26). The molecule has 9 nitrogen and oxygen atoms in total. The lowest BCUT2D eigenvalue weighted by Gasteiger charge is -2.34. The van der Waals surface area contributed by atoms with Gasteiger partial charge in [-0.3, -0.25) is 29.2 Å². The zero-order valence-corrected chi connectivity index (χ0v) is 14.3. The van der Waals surface area contributed by atoms with Gasteiger partial charge in [0, 0.05) is 6.20 Å². The van der Waals surface area contributed by atoms with Crippen molar-refractivity contribution in [1.29, 1.82) is 0 Å². The Morgan fingerprint density at radius 2 is 2.04 bits per heavy atom. The Morgan fingerprint density at radius 1 is 1.31 bits per heavy atom. The molecule has 1 aromatic heterocycles. The highest BCUT2D eigenvalue weighted by Crippen LogP contribution is 2.36. The molecule has 2 N–H and O–H groups in total. The Hall–Kier alpha value is -2.97. The van der Waals surface area contributed by atoms with E-state index in [1.165, 1.54) is 17.3 Å². The van der Waals surface area contributed by atoms with Crippen LogP contribution in [0.15, 0.2) is 18.5 Å². The zero-order chi connectivity index (χ0) is 18.5. The first kappa shape index (κ1) is 16.5. The Morgan fingerprint density at radius 3 is 2.77 bits per heavy atom. The van der Waals surface area contributed by atoms with Gasteiger partial charge in [0.2, 0.25) is 11.8 Å². The number of carbonyl (C=O) groups excluding carboxylic acids is 4. The van der Waals surface area contributed by atoms with Gasteiger partial charge in [-0.2, -0.15) is 0 Å². The highest BCUT2D eigenvalue weighted by atomic mass is 16.2. The van der Waals surface area contributed by atoms with Crippen molar-refractivity contribution in [2.45, 2.75) is 44.2 Å². The summed E-state index contributed by atoms with van der Waals surface area (Å²) in [6, 6.07) is 0.320. The van der Waals surface area contributed by atoms with E-state index < -0.39 is 30.1 Å². The molecule has 1 saturated carbocycles. The minimum absolute atomic E-state index is 0.344. The highest BCUT2D eigenvalue weighted by molar-refractivity contribution is 6.15. The van der Waals surface area contributed by atoms with Gasteiger partial charge >= 0.3 is 6.03 Å². The van der Waals surface area contributed by atoms with Crippen molar-refractivity contribution < 1.29 is 19.2 Å². The van der Waals surface area contributed by atoms with Crippen molar-refractivity contribution in [3.05, 3.63) is 18.5 Å². The number of hydrogen-bond acceptors (Lipinski definition) is 5. The van der Waals surface area contributed by atoms with Crippen molar-refractivity contribution in [1.82, 2.24) is 15.2 Å². The summed E-state index contributed by atoms with van der Waals surface area (Å²) in [4.78, 5) is 56.3. The third-order valence-electron chi connectivity index (χ3n) is 5.35. The summed E-state index contributed by atoms with van der Waals surface area (Å²) in [5.74, 6) is -1.18. The quantitative estimate of drug-likeness (QED) is 0.754. The largest absolute Gasteiger partial charge is 0.325 e. The Kier molecular flexibility index (Phi) is 3.67. The van der Waals surface area contributed by atoms with Gasteiger partial charge < -0.3 is 10.6 Å². The Bertz CT molecular complexity index is 817. The van der Waals surface area contributed by atoms with E-state index in [0.29, 0.717) is 24.2 Å². The van der Waals surface area contributed by atoms with Crippen molar-refractivity contribution in [2.24, 2.45) is 0 Å². The molecule has 136 valence electrons. The number of nitrogens with zero attached hydrogens (tertiary/aromatic N) is 3. The van der Waals surface area contributed by atoms with Crippen LogP contribution in [0, 0.1) is 0 Å². The molecule has 3 heterocycles. The first-order valence-electron chi connectivity index (χ1n) is 8.64. The topological polar surface area (TPSA) is 112 Å². The van der Waals surface area contributed by atoms with Gasteiger partial charge in [0.25, 0.3) is 5.91 Å². The van der Waals surface area contributed by atoms with Crippen LogP contribution in [0.3, 0.4) is 0 Å². The molecular formula is C17H19N5O4. The lowest BCUT2D eigenvalue weighted by molar-refractivity contribution is -0.134. The Balaban J connectivity index is 1.59. The summed E-state index contributed by atoms with van der Waals surface area (Å²) < 4.78 is 0. The maximum Gasteiger partial charge on any atom is 0.325 e. The fourth-order valence-electron chi connectivity index (χ4n) is 3.96. The molecule has 4 rings (SSSR count). The van der Waals surface area contributed by atoms with Crippen LogP contribution >= 0.6 is 0 Å². The fraction of sp³-hybridized carbons (Fsp3) is 0.471. The van der Waals surface area contributed by atoms with Gasteiger partial charge in [-0.05, 0) is 25.8 Å². The van der Waals surface area contributed by atoms with E-state index in [1.807, 2.05) is 0 Å². The molecule has 26 heavy (non-hydrogen) atoms. The van der Waals surface area contributed by atoms with Gasteiger partial charge in [-0.15, -0.1) is 0 Å². The molecule has 3 aliphatic rings. The summed E-state index contributed by atoms with van der Waals surface area (Å²) >= 11 is 0. The third kappa shape index (κ3) is 2.34. The van der Waals surface area contributed by atoms with Crippen LogP contribution in [-0.4, -0.2) is 51.8 Å². The van der Waals surface area contributed by atoms with E-state index in [0.717, 1.165) is 17.7 Å². The third-order valence-corrected chi connectivity index (χ3v) is 5.35. The number of imide groups is 1. The molecule has 1 saturated heterocycles. The number of carbonyl (C=O) groups is 4. The van der Waals surface area contributed by atoms with E-state index >= 15 is 0 Å². The smallest absolute Gasteiger partial charge is 0.323 e. The van der Waals surface area contributed by atoms with Gasteiger partial charge in [-0.1, -0.05) is 12.8 Å². The van der Waals surface area contributed by atoms with Crippen molar-refractivity contribution in [3.8, 4) is 0 Å². The summed E-state index contributed by atoms with van der Waals surface area (Å²) in [5, 5.41) is 5.44. The maximum absolute atomic E-state index is 12.9. The summed E-state index contributed by atoms with van der Waals surface area (Å²) in [6.07, 6.45) is 5.92. The van der Waals surface area contributed by atoms with Crippen LogP contribution in [0.2, 0.25) is 0 Å². The van der Waals surface area contributed by atoms with E-state index in [1.54, 1.807) is 13.0 Å². The van der Waals surface area contributed by atoms with Crippen LogP contribution in [0.25, 0.3) is 0 Å². The summed E-state index contributed by atoms with van der Waals surface area (Å²) in [6.45, 7) is 1.20. The molecule has 0 bridgehead atoms. The lowest BCUT2D eigenvalue weighted by atomic mass is 9.98. The molecule has 2 fully saturated rings. The predicted molar refractivity (Wildman–Crippen MR) is 91.3 cm³/mol. The van der Waals surface area contributed by atoms with Crippen molar-refractivity contribution in [3.63, 3.8) is 0 Å². The average molecular weight is 357 g/mol. The van der Waals surface area contributed by atoms with Gasteiger partial charge in [-0.25, -0.2) is 4.79 Å². The molecule has 0 radical (unpaired) electrons. The second kappa shape index (κ2) is 5.79. The van der Waals surface area contributed by atoms with Crippen LogP contribution in [0.1, 0.15) is 32.6 Å². The van der Waals surface area contributed by atoms with Gasteiger partial charge in [0.1, 0.15) is 18.1 Å².